The Bertz CT molecular complexity index is 1250. The van der Waals surface area contributed by atoms with Crippen molar-refractivity contribution >= 4 is 34.4 Å². The van der Waals surface area contributed by atoms with Crippen LogP contribution in [0, 0.1) is 17.1 Å². The van der Waals surface area contributed by atoms with Gasteiger partial charge in [-0.15, -0.1) is 0 Å². The second kappa shape index (κ2) is 9.36. The summed E-state index contributed by atoms with van der Waals surface area (Å²) in [5.41, 5.74) is 1.66. The molecule has 0 radical (unpaired) electrons. The number of fused-ring (bicyclic) bond motifs is 1. The summed E-state index contributed by atoms with van der Waals surface area (Å²) in [4.78, 5) is 22.8. The van der Waals surface area contributed by atoms with Crippen LogP contribution >= 0.6 is 11.8 Å². The van der Waals surface area contributed by atoms with Crippen molar-refractivity contribution in [2.24, 2.45) is 0 Å². The number of nitrogens with zero attached hydrogens (tertiary/aromatic N) is 6. The topological polar surface area (TPSA) is 87.7 Å². The fraction of sp³-hybridized carbons (Fsp3) is 0.136. The lowest BCUT2D eigenvalue weighted by molar-refractivity contribution is -0.116. The Labute approximate surface area is 182 Å². The van der Waals surface area contributed by atoms with Crippen molar-refractivity contribution in [3.8, 4) is 11.8 Å². The molecule has 0 saturated carbocycles. The smallest absolute Gasteiger partial charge is 0.237 e. The maximum absolute atomic E-state index is 14.2. The molecule has 0 aliphatic rings. The highest BCUT2D eigenvalue weighted by Crippen LogP contribution is 2.27. The number of thioether (sulfide) groups is 1. The summed E-state index contributed by atoms with van der Waals surface area (Å²) in [5.74, 6) is -0.789. The highest BCUT2D eigenvalue weighted by molar-refractivity contribution is 8.00. The lowest BCUT2D eigenvalue weighted by Gasteiger charge is -2.22. The number of carbonyl (C=O) groups excluding carboxylic acids is 1. The van der Waals surface area contributed by atoms with Crippen molar-refractivity contribution in [1.29, 1.82) is 5.26 Å². The number of anilines is 1. The Hall–Kier alpha value is -3.77. The number of hydrogen-bond donors (Lipinski definition) is 0. The van der Waals surface area contributed by atoms with Crippen LogP contribution < -0.4 is 4.90 Å². The van der Waals surface area contributed by atoms with Gasteiger partial charge in [-0.3, -0.25) is 4.79 Å². The van der Waals surface area contributed by atoms with Gasteiger partial charge < -0.3 is 4.90 Å². The molecule has 4 rings (SSSR count). The zero-order chi connectivity index (χ0) is 21.6. The molecular weight excluding hydrogens is 415 g/mol. The van der Waals surface area contributed by atoms with Gasteiger partial charge in [0.2, 0.25) is 5.91 Å². The van der Waals surface area contributed by atoms with Crippen molar-refractivity contribution in [3.05, 3.63) is 72.9 Å². The molecule has 0 bridgehead atoms. The molecule has 0 saturated heterocycles. The second-order valence-electron chi connectivity index (χ2n) is 6.50. The number of hydrogen-bond acceptors (Lipinski definition) is 6. The molecule has 31 heavy (non-hydrogen) atoms. The van der Waals surface area contributed by atoms with E-state index >= 15 is 0 Å². The molecule has 7 nitrogen and oxygen atoms in total. The average molecular weight is 432 g/mol. The minimum Gasteiger partial charge on any atom is -0.308 e. The standard InChI is InChI=1S/C22H17FN6OS/c23-18-9-4-5-10-19(18)28(12-6-11-24)20(30)14-31-22-17-13-27-29(21(17)25-15-26-22)16-7-2-1-3-8-16/h1-5,7-10,13,15H,6,12,14H2. The number of amides is 1. The van der Waals surface area contributed by atoms with E-state index in [0.717, 1.165) is 11.1 Å². The normalized spacial score (nSPS) is 10.7. The first-order valence-corrected chi connectivity index (χ1v) is 10.5. The molecule has 1 amide bonds. The third-order valence-electron chi connectivity index (χ3n) is 4.55. The highest BCUT2D eigenvalue weighted by atomic mass is 32.2. The van der Waals surface area contributed by atoms with E-state index in [1.807, 2.05) is 36.4 Å². The van der Waals surface area contributed by atoms with Crippen molar-refractivity contribution in [2.45, 2.75) is 11.4 Å². The minimum atomic E-state index is -0.507. The van der Waals surface area contributed by atoms with Gasteiger partial charge in [0.15, 0.2) is 5.65 Å². The van der Waals surface area contributed by atoms with E-state index in [1.54, 1.807) is 23.0 Å². The van der Waals surface area contributed by atoms with Crippen molar-refractivity contribution in [1.82, 2.24) is 19.7 Å². The van der Waals surface area contributed by atoms with E-state index in [0.29, 0.717) is 10.7 Å². The van der Waals surface area contributed by atoms with Crippen LogP contribution in [0.25, 0.3) is 16.7 Å². The van der Waals surface area contributed by atoms with Gasteiger partial charge in [0, 0.05) is 6.54 Å². The Morgan fingerprint density at radius 3 is 2.68 bits per heavy atom. The Morgan fingerprint density at radius 1 is 1.13 bits per heavy atom. The summed E-state index contributed by atoms with van der Waals surface area (Å²) in [5, 5.41) is 14.7. The lowest BCUT2D eigenvalue weighted by atomic mass is 10.2. The molecule has 9 heteroatoms. The summed E-state index contributed by atoms with van der Waals surface area (Å²) in [6.45, 7) is 0.113. The summed E-state index contributed by atoms with van der Waals surface area (Å²) in [6.07, 6.45) is 3.20. The van der Waals surface area contributed by atoms with E-state index in [1.165, 1.54) is 35.1 Å². The molecule has 2 aromatic heterocycles. The Balaban J connectivity index is 1.57. The number of carbonyl (C=O) groups is 1. The summed E-state index contributed by atoms with van der Waals surface area (Å²) >= 11 is 1.23. The van der Waals surface area contributed by atoms with Crippen LogP contribution in [0.4, 0.5) is 10.1 Å². The van der Waals surface area contributed by atoms with Crippen LogP contribution in [0.1, 0.15) is 6.42 Å². The second-order valence-corrected chi connectivity index (χ2v) is 7.47. The minimum absolute atomic E-state index is 0.0302. The van der Waals surface area contributed by atoms with Gasteiger partial charge in [-0.25, -0.2) is 19.0 Å². The monoisotopic (exact) mass is 432 g/mol. The Kier molecular flexibility index (Phi) is 6.19. The third kappa shape index (κ3) is 4.39. The zero-order valence-corrected chi connectivity index (χ0v) is 17.2. The van der Waals surface area contributed by atoms with Crippen LogP contribution in [-0.2, 0) is 4.79 Å². The summed E-state index contributed by atoms with van der Waals surface area (Å²) in [7, 11) is 0. The first kappa shape index (κ1) is 20.5. The molecule has 0 fully saturated rings. The van der Waals surface area contributed by atoms with Gasteiger partial charge in [-0.2, -0.15) is 10.4 Å². The Morgan fingerprint density at radius 2 is 1.90 bits per heavy atom. The van der Waals surface area contributed by atoms with E-state index in [2.05, 4.69) is 15.1 Å². The molecule has 0 aliphatic carbocycles. The predicted octanol–water partition coefficient (Wildman–Crippen LogP) is 3.99. The van der Waals surface area contributed by atoms with Crippen LogP contribution in [0.15, 0.2) is 72.1 Å². The van der Waals surface area contributed by atoms with E-state index in [4.69, 9.17) is 5.26 Å². The lowest BCUT2D eigenvalue weighted by Crippen LogP contribution is -2.34. The van der Waals surface area contributed by atoms with Gasteiger partial charge >= 0.3 is 0 Å². The molecule has 0 spiro atoms. The quantitative estimate of drug-likeness (QED) is 0.324. The molecule has 4 aromatic rings. The number of benzene rings is 2. The predicted molar refractivity (Wildman–Crippen MR) is 116 cm³/mol. The molecule has 0 aliphatic heterocycles. The number of nitriles is 1. The highest BCUT2D eigenvalue weighted by Gasteiger charge is 2.20. The van der Waals surface area contributed by atoms with Gasteiger partial charge in [0.1, 0.15) is 17.2 Å². The maximum Gasteiger partial charge on any atom is 0.237 e. The molecule has 154 valence electrons. The summed E-state index contributed by atoms with van der Waals surface area (Å²) in [6, 6.07) is 17.6. The van der Waals surface area contributed by atoms with E-state index < -0.39 is 5.82 Å². The van der Waals surface area contributed by atoms with Crippen molar-refractivity contribution in [3.63, 3.8) is 0 Å². The van der Waals surface area contributed by atoms with Crippen molar-refractivity contribution in [2.75, 3.05) is 17.2 Å². The number of aromatic nitrogens is 4. The van der Waals surface area contributed by atoms with Gasteiger partial charge in [-0.05, 0) is 24.3 Å². The fourth-order valence-electron chi connectivity index (χ4n) is 3.12. The largest absolute Gasteiger partial charge is 0.308 e. The molecule has 0 atom stereocenters. The maximum atomic E-state index is 14.2. The number of rotatable bonds is 7. The van der Waals surface area contributed by atoms with E-state index in [9.17, 15) is 9.18 Å². The van der Waals surface area contributed by atoms with Gasteiger partial charge in [0.05, 0.1) is 41.2 Å². The number of halogens is 1. The third-order valence-corrected chi connectivity index (χ3v) is 5.54. The zero-order valence-electron chi connectivity index (χ0n) is 16.3. The van der Waals surface area contributed by atoms with Crippen LogP contribution in [0.2, 0.25) is 0 Å². The molecule has 2 aromatic carbocycles. The van der Waals surface area contributed by atoms with Gasteiger partial charge in [0.25, 0.3) is 0 Å². The molecule has 0 unspecified atom stereocenters. The van der Waals surface area contributed by atoms with Crippen molar-refractivity contribution < 1.29 is 9.18 Å². The molecule has 2 heterocycles. The summed E-state index contributed by atoms with van der Waals surface area (Å²) < 4.78 is 16.0. The number of para-hydroxylation sites is 2. The first-order valence-electron chi connectivity index (χ1n) is 9.48. The molecule has 0 N–H and O–H groups in total. The van der Waals surface area contributed by atoms with Crippen LogP contribution in [0.5, 0.6) is 0 Å². The van der Waals surface area contributed by atoms with Gasteiger partial charge in [-0.1, -0.05) is 42.1 Å². The average Bonchev–Trinajstić information content (AvgIpc) is 3.24. The first-order chi connectivity index (χ1) is 15.2. The van der Waals surface area contributed by atoms with Crippen LogP contribution in [0.3, 0.4) is 0 Å². The van der Waals surface area contributed by atoms with Crippen LogP contribution in [-0.4, -0.2) is 38.0 Å². The SMILES string of the molecule is N#CCCN(C(=O)CSc1ncnc2c1cnn2-c1ccccc1)c1ccccc1F. The molecular formula is C22H17FN6OS. The fourth-order valence-corrected chi connectivity index (χ4v) is 3.95. The van der Waals surface area contributed by atoms with E-state index in [-0.39, 0.29) is 30.3 Å².